The van der Waals surface area contributed by atoms with Crippen LogP contribution < -0.4 is 10.2 Å². The lowest BCUT2D eigenvalue weighted by Gasteiger charge is -2.16. The van der Waals surface area contributed by atoms with Crippen molar-refractivity contribution in [3.8, 4) is 0 Å². The average molecular weight is 346 g/mol. The molecular weight excluding hydrogens is 324 g/mol. The number of hydrogen-bond acceptors (Lipinski definition) is 5. The molecule has 1 saturated heterocycles. The van der Waals surface area contributed by atoms with Gasteiger partial charge in [0.2, 0.25) is 11.8 Å². The predicted molar refractivity (Wildman–Crippen MR) is 90.9 cm³/mol. The topological polar surface area (TPSA) is 92.8 Å². The number of carbonyl (C=O) groups excluding carboxylic acids is 4. The van der Waals surface area contributed by atoms with Gasteiger partial charge in [0.25, 0.3) is 5.91 Å². The number of carbonyl (C=O) groups is 4. The van der Waals surface area contributed by atoms with Gasteiger partial charge in [-0.2, -0.15) is 0 Å². The summed E-state index contributed by atoms with van der Waals surface area (Å²) in [5.41, 5.74) is 0.665. The van der Waals surface area contributed by atoms with E-state index in [-0.39, 0.29) is 36.1 Å². The van der Waals surface area contributed by atoms with Crippen LogP contribution in [0, 0.1) is 5.92 Å². The normalized spacial score (nSPS) is 15.4. The highest BCUT2D eigenvalue weighted by molar-refractivity contribution is 6.19. The zero-order valence-electron chi connectivity index (χ0n) is 14.6. The summed E-state index contributed by atoms with van der Waals surface area (Å²) in [6.07, 6.45) is -0.510. The van der Waals surface area contributed by atoms with Gasteiger partial charge >= 0.3 is 5.97 Å². The van der Waals surface area contributed by atoms with E-state index in [1.165, 1.54) is 31.2 Å². The van der Waals surface area contributed by atoms with Crippen LogP contribution in [0.3, 0.4) is 0 Å². The third-order valence-electron chi connectivity index (χ3n) is 3.75. The molecule has 1 fully saturated rings. The highest BCUT2D eigenvalue weighted by Gasteiger charge is 2.30. The minimum absolute atomic E-state index is 0.200. The number of amides is 3. The lowest BCUT2D eigenvalue weighted by Crippen LogP contribution is -2.37. The Kier molecular flexibility index (Phi) is 5.90. The number of anilines is 1. The predicted octanol–water partition coefficient (Wildman–Crippen LogP) is 1.66. The molecule has 25 heavy (non-hydrogen) atoms. The molecule has 0 spiro atoms. The molecule has 1 aromatic carbocycles. The van der Waals surface area contributed by atoms with Crippen LogP contribution in [-0.2, 0) is 19.1 Å². The van der Waals surface area contributed by atoms with Crippen molar-refractivity contribution in [3.05, 3.63) is 29.8 Å². The number of esters is 1. The van der Waals surface area contributed by atoms with Crippen molar-refractivity contribution in [1.82, 2.24) is 5.32 Å². The molecule has 3 amide bonds. The van der Waals surface area contributed by atoms with Crippen LogP contribution in [0.5, 0.6) is 0 Å². The molecule has 0 aromatic heterocycles. The molecule has 7 nitrogen and oxygen atoms in total. The second-order valence-electron chi connectivity index (χ2n) is 6.36. The van der Waals surface area contributed by atoms with Gasteiger partial charge in [-0.3, -0.25) is 19.3 Å². The summed E-state index contributed by atoms with van der Waals surface area (Å²) in [6, 6.07) is 5.97. The minimum Gasteiger partial charge on any atom is -0.449 e. The zero-order chi connectivity index (χ0) is 18.6. The van der Waals surface area contributed by atoms with Crippen molar-refractivity contribution in [2.24, 2.45) is 5.92 Å². The van der Waals surface area contributed by atoms with E-state index in [9.17, 15) is 19.2 Å². The van der Waals surface area contributed by atoms with Gasteiger partial charge in [-0.05, 0) is 37.1 Å². The van der Waals surface area contributed by atoms with Gasteiger partial charge < -0.3 is 10.1 Å². The first kappa shape index (κ1) is 18.6. The van der Waals surface area contributed by atoms with Crippen molar-refractivity contribution in [3.63, 3.8) is 0 Å². The molecule has 0 unspecified atom stereocenters. The molecular formula is C18H22N2O5. The average Bonchev–Trinajstić information content (AvgIpc) is 2.91. The Hall–Kier alpha value is -2.70. The second-order valence-corrected chi connectivity index (χ2v) is 6.36. The number of benzene rings is 1. The first-order chi connectivity index (χ1) is 11.8. The summed E-state index contributed by atoms with van der Waals surface area (Å²) >= 11 is 0. The maximum absolute atomic E-state index is 12.1. The van der Waals surface area contributed by atoms with Crippen molar-refractivity contribution in [1.29, 1.82) is 0 Å². The number of imide groups is 1. The van der Waals surface area contributed by atoms with E-state index in [1.54, 1.807) is 0 Å². The molecule has 1 aliphatic heterocycles. The van der Waals surface area contributed by atoms with E-state index >= 15 is 0 Å². The first-order valence-corrected chi connectivity index (χ1v) is 8.24. The summed E-state index contributed by atoms with van der Waals surface area (Å²) < 4.78 is 5.14. The SMILES string of the molecule is CC(C)CNC(=O)[C@H](C)OC(=O)c1ccc(N2C(=O)CCC2=O)cc1. The molecule has 1 aliphatic rings. The quantitative estimate of drug-likeness (QED) is 0.625. The Bertz CT molecular complexity index is 665. The van der Waals surface area contributed by atoms with Gasteiger partial charge in [0.15, 0.2) is 6.10 Å². The largest absolute Gasteiger partial charge is 0.449 e. The molecule has 0 bridgehead atoms. The summed E-state index contributed by atoms with van der Waals surface area (Å²) in [6.45, 7) is 5.94. The Morgan fingerprint density at radius 1 is 1.08 bits per heavy atom. The minimum atomic E-state index is -0.910. The Labute approximate surface area is 146 Å². The van der Waals surface area contributed by atoms with Gasteiger partial charge in [0.05, 0.1) is 11.3 Å². The summed E-state index contributed by atoms with van der Waals surface area (Å²) in [4.78, 5) is 48.5. The summed E-state index contributed by atoms with van der Waals surface area (Å²) in [7, 11) is 0. The van der Waals surface area contributed by atoms with E-state index in [0.717, 1.165) is 4.90 Å². The van der Waals surface area contributed by atoms with Gasteiger partial charge in [0, 0.05) is 19.4 Å². The summed E-state index contributed by atoms with van der Waals surface area (Å²) in [5.74, 6) is -1.20. The van der Waals surface area contributed by atoms with Gasteiger partial charge in [-0.15, -0.1) is 0 Å². The van der Waals surface area contributed by atoms with Gasteiger partial charge in [-0.25, -0.2) is 4.79 Å². The zero-order valence-corrected chi connectivity index (χ0v) is 14.6. The van der Waals surface area contributed by atoms with E-state index in [0.29, 0.717) is 18.2 Å². The molecule has 0 radical (unpaired) electrons. The lowest BCUT2D eigenvalue weighted by atomic mass is 10.2. The van der Waals surface area contributed by atoms with Crippen molar-refractivity contribution in [2.45, 2.75) is 39.7 Å². The molecule has 0 aliphatic carbocycles. The highest BCUT2D eigenvalue weighted by atomic mass is 16.5. The number of hydrogen-bond donors (Lipinski definition) is 1. The molecule has 1 N–H and O–H groups in total. The third kappa shape index (κ3) is 4.65. The van der Waals surface area contributed by atoms with Crippen LogP contribution in [0.2, 0.25) is 0 Å². The van der Waals surface area contributed by atoms with Crippen LogP contribution in [0.4, 0.5) is 5.69 Å². The number of rotatable bonds is 6. The number of nitrogens with zero attached hydrogens (tertiary/aromatic N) is 1. The van der Waals surface area contributed by atoms with Crippen LogP contribution in [0.1, 0.15) is 44.0 Å². The van der Waals surface area contributed by atoms with E-state index < -0.39 is 12.1 Å². The highest BCUT2D eigenvalue weighted by Crippen LogP contribution is 2.23. The Morgan fingerprint density at radius 3 is 2.16 bits per heavy atom. The lowest BCUT2D eigenvalue weighted by molar-refractivity contribution is -0.129. The fourth-order valence-corrected chi connectivity index (χ4v) is 2.34. The number of nitrogens with one attached hydrogen (secondary N) is 1. The van der Waals surface area contributed by atoms with E-state index in [1.807, 2.05) is 13.8 Å². The van der Waals surface area contributed by atoms with Crippen LogP contribution >= 0.6 is 0 Å². The first-order valence-electron chi connectivity index (χ1n) is 8.24. The molecule has 134 valence electrons. The van der Waals surface area contributed by atoms with E-state index in [2.05, 4.69) is 5.32 Å². The number of ether oxygens (including phenoxy) is 1. The van der Waals surface area contributed by atoms with Crippen molar-refractivity contribution >= 4 is 29.4 Å². The monoisotopic (exact) mass is 346 g/mol. The second kappa shape index (κ2) is 7.92. The molecule has 1 aromatic rings. The Balaban J connectivity index is 1.97. The van der Waals surface area contributed by atoms with Gasteiger partial charge in [-0.1, -0.05) is 13.8 Å². The fraction of sp³-hybridized carbons (Fsp3) is 0.444. The van der Waals surface area contributed by atoms with Crippen LogP contribution in [-0.4, -0.2) is 36.3 Å². The molecule has 7 heteroatoms. The molecule has 0 saturated carbocycles. The maximum Gasteiger partial charge on any atom is 0.338 e. The smallest absolute Gasteiger partial charge is 0.338 e. The third-order valence-corrected chi connectivity index (χ3v) is 3.75. The van der Waals surface area contributed by atoms with Crippen molar-refractivity contribution in [2.75, 3.05) is 11.4 Å². The maximum atomic E-state index is 12.1. The van der Waals surface area contributed by atoms with Crippen molar-refractivity contribution < 1.29 is 23.9 Å². The fourth-order valence-electron chi connectivity index (χ4n) is 2.34. The Morgan fingerprint density at radius 2 is 1.64 bits per heavy atom. The molecule has 1 atom stereocenters. The summed E-state index contributed by atoms with van der Waals surface area (Å²) in [5, 5.41) is 2.70. The molecule has 2 rings (SSSR count). The van der Waals surface area contributed by atoms with Gasteiger partial charge in [0.1, 0.15) is 0 Å². The molecule has 1 heterocycles. The standard InChI is InChI=1S/C18H22N2O5/c1-11(2)10-19-17(23)12(3)25-18(24)13-4-6-14(7-5-13)20-15(21)8-9-16(20)22/h4-7,11-12H,8-10H2,1-3H3,(H,19,23)/t12-/m0/s1. The van der Waals surface area contributed by atoms with E-state index in [4.69, 9.17) is 4.74 Å². The van der Waals surface area contributed by atoms with Crippen LogP contribution in [0.15, 0.2) is 24.3 Å². The van der Waals surface area contributed by atoms with Crippen LogP contribution in [0.25, 0.3) is 0 Å².